The Morgan fingerprint density at radius 2 is 2.14 bits per heavy atom. The zero-order valence-corrected chi connectivity index (χ0v) is 11.8. The summed E-state index contributed by atoms with van der Waals surface area (Å²) >= 11 is 1.15. The minimum Gasteiger partial charge on any atom is -0.459 e. The number of ether oxygens (including phenoxy) is 1. The molecule has 0 saturated heterocycles. The van der Waals surface area contributed by atoms with Gasteiger partial charge in [0.05, 0.1) is 12.8 Å². The molecule has 0 atom stereocenters. The predicted molar refractivity (Wildman–Crippen MR) is 73.9 cm³/mol. The number of esters is 1. The third-order valence-corrected chi connectivity index (χ3v) is 3.41. The fraction of sp³-hybridized carbons (Fsp3) is 0.154. The van der Waals surface area contributed by atoms with Crippen molar-refractivity contribution >= 4 is 28.5 Å². The second-order valence-corrected chi connectivity index (χ2v) is 4.87. The lowest BCUT2D eigenvalue weighted by Gasteiger charge is -2.00. The summed E-state index contributed by atoms with van der Waals surface area (Å²) in [5.41, 5.74) is 0. The van der Waals surface area contributed by atoms with Gasteiger partial charge in [0.2, 0.25) is 0 Å². The number of aromatic nitrogens is 4. The van der Waals surface area contributed by atoms with E-state index in [1.54, 1.807) is 13.1 Å². The Morgan fingerprint density at radius 3 is 3.00 bits per heavy atom. The second kappa shape index (κ2) is 5.88. The summed E-state index contributed by atoms with van der Waals surface area (Å²) in [5.74, 6) is -0.812. The lowest BCUT2D eigenvalue weighted by molar-refractivity contribution is 0.0475. The number of hydrogen-bond donors (Lipinski definition) is 0. The van der Waals surface area contributed by atoms with Crippen LogP contribution in [0, 0.1) is 0 Å². The van der Waals surface area contributed by atoms with E-state index in [1.165, 1.54) is 0 Å². The van der Waals surface area contributed by atoms with E-state index in [4.69, 9.17) is 9.15 Å². The molecule has 7 nitrogen and oxygen atoms in total. The van der Waals surface area contributed by atoms with E-state index in [0.717, 1.165) is 22.5 Å². The number of carbonyl (C=O) groups excluding carboxylic acids is 1. The zero-order chi connectivity index (χ0) is 14.7. The summed E-state index contributed by atoms with van der Waals surface area (Å²) in [6.45, 7) is 1.95. The highest BCUT2D eigenvalue weighted by Gasteiger charge is 2.17. The maximum Gasteiger partial charge on any atom is 0.396 e. The van der Waals surface area contributed by atoms with Crippen LogP contribution in [0.3, 0.4) is 0 Å². The van der Waals surface area contributed by atoms with Gasteiger partial charge in [0, 0.05) is 10.8 Å². The molecule has 2 heterocycles. The quantitative estimate of drug-likeness (QED) is 0.678. The summed E-state index contributed by atoms with van der Waals surface area (Å²) in [6, 6.07) is 7.69. The van der Waals surface area contributed by atoms with Crippen molar-refractivity contribution in [3.63, 3.8) is 0 Å². The zero-order valence-electron chi connectivity index (χ0n) is 11.0. The highest BCUT2D eigenvalue weighted by Crippen LogP contribution is 2.30. The van der Waals surface area contributed by atoms with E-state index in [1.807, 2.05) is 24.3 Å². The summed E-state index contributed by atoms with van der Waals surface area (Å²) in [7, 11) is 0. The van der Waals surface area contributed by atoms with Crippen LogP contribution in [-0.2, 0) is 4.74 Å². The van der Waals surface area contributed by atoms with Crippen LogP contribution in [0.4, 0.5) is 0 Å². The molecule has 0 fully saturated rings. The molecule has 106 valence electrons. The predicted octanol–water partition coefficient (Wildman–Crippen LogP) is 2.34. The largest absolute Gasteiger partial charge is 0.459 e. The van der Waals surface area contributed by atoms with Crippen LogP contribution in [0.2, 0.25) is 0 Å². The van der Waals surface area contributed by atoms with Crippen molar-refractivity contribution in [3.8, 4) is 0 Å². The highest BCUT2D eigenvalue weighted by atomic mass is 32.2. The monoisotopic (exact) mass is 302 g/mol. The van der Waals surface area contributed by atoms with E-state index in [-0.39, 0.29) is 17.7 Å². The minimum absolute atomic E-state index is 0.174. The van der Waals surface area contributed by atoms with Crippen LogP contribution in [0.25, 0.3) is 10.8 Å². The van der Waals surface area contributed by atoms with Crippen molar-refractivity contribution in [1.82, 2.24) is 20.4 Å². The molecule has 21 heavy (non-hydrogen) atoms. The average molecular weight is 302 g/mol. The van der Waals surface area contributed by atoms with Gasteiger partial charge in [-0.25, -0.2) is 4.79 Å². The standard InChI is InChI=1S/C13H10N4O3S/c1-2-19-12(18)10-15-17-13(20-10)21-11-9-6-4-3-5-8(9)7-14-16-11/h3-7H,2H2,1H3. The molecule has 0 saturated carbocycles. The molecule has 3 aromatic rings. The maximum absolute atomic E-state index is 11.5. The van der Waals surface area contributed by atoms with Gasteiger partial charge in [-0.1, -0.05) is 29.4 Å². The Hall–Kier alpha value is -2.48. The highest BCUT2D eigenvalue weighted by molar-refractivity contribution is 7.99. The molecule has 0 aliphatic carbocycles. The fourth-order valence-corrected chi connectivity index (χ4v) is 2.44. The molecule has 0 radical (unpaired) electrons. The summed E-state index contributed by atoms with van der Waals surface area (Å²) in [5, 5.41) is 18.2. The van der Waals surface area contributed by atoms with Crippen LogP contribution in [-0.4, -0.2) is 33.0 Å². The van der Waals surface area contributed by atoms with Crippen molar-refractivity contribution < 1.29 is 13.9 Å². The molecule has 0 bridgehead atoms. The SMILES string of the molecule is CCOC(=O)c1nnc(Sc2nncc3ccccc23)o1. The van der Waals surface area contributed by atoms with E-state index >= 15 is 0 Å². The Balaban J connectivity index is 1.87. The second-order valence-electron chi connectivity index (χ2n) is 3.93. The molecule has 1 aromatic carbocycles. The first-order valence-electron chi connectivity index (χ1n) is 6.17. The van der Waals surface area contributed by atoms with Crippen LogP contribution in [0.5, 0.6) is 0 Å². The number of rotatable bonds is 4. The maximum atomic E-state index is 11.5. The van der Waals surface area contributed by atoms with Gasteiger partial charge in [0.1, 0.15) is 5.03 Å². The van der Waals surface area contributed by atoms with Gasteiger partial charge in [0.25, 0.3) is 5.22 Å². The summed E-state index contributed by atoms with van der Waals surface area (Å²) in [4.78, 5) is 11.5. The number of carbonyl (C=O) groups is 1. The summed E-state index contributed by atoms with van der Waals surface area (Å²) < 4.78 is 10.0. The fourth-order valence-electron chi connectivity index (χ4n) is 1.69. The van der Waals surface area contributed by atoms with Crippen molar-refractivity contribution in [2.24, 2.45) is 0 Å². The van der Waals surface area contributed by atoms with E-state index in [2.05, 4.69) is 20.4 Å². The Kier molecular flexibility index (Phi) is 3.78. The molecular formula is C13H10N4O3S. The third kappa shape index (κ3) is 2.84. The van der Waals surface area contributed by atoms with Crippen molar-refractivity contribution in [2.45, 2.75) is 17.2 Å². The lowest BCUT2D eigenvalue weighted by Crippen LogP contribution is -2.04. The van der Waals surface area contributed by atoms with E-state index in [9.17, 15) is 4.79 Å². The first-order valence-corrected chi connectivity index (χ1v) is 6.98. The van der Waals surface area contributed by atoms with Crippen LogP contribution in [0.15, 0.2) is 45.1 Å². The first kappa shape index (κ1) is 13.5. The molecule has 0 spiro atoms. The Morgan fingerprint density at radius 1 is 1.29 bits per heavy atom. The van der Waals surface area contributed by atoms with Gasteiger partial charge in [-0.05, 0) is 18.7 Å². The number of benzene rings is 1. The van der Waals surface area contributed by atoms with Crippen molar-refractivity contribution in [2.75, 3.05) is 6.61 Å². The van der Waals surface area contributed by atoms with Crippen LogP contribution < -0.4 is 0 Å². The van der Waals surface area contributed by atoms with Crippen LogP contribution in [0.1, 0.15) is 17.6 Å². The van der Waals surface area contributed by atoms with Gasteiger partial charge >= 0.3 is 11.9 Å². The molecule has 2 aromatic heterocycles. The smallest absolute Gasteiger partial charge is 0.396 e. The number of nitrogens with zero attached hydrogens (tertiary/aromatic N) is 4. The Bertz CT molecular complexity index is 784. The average Bonchev–Trinajstić information content (AvgIpc) is 2.97. The minimum atomic E-state index is -0.638. The van der Waals surface area contributed by atoms with E-state index in [0.29, 0.717) is 5.03 Å². The van der Waals surface area contributed by atoms with Crippen molar-refractivity contribution in [3.05, 3.63) is 36.4 Å². The van der Waals surface area contributed by atoms with Gasteiger partial charge in [-0.15, -0.1) is 10.2 Å². The molecule has 0 unspecified atom stereocenters. The number of fused-ring (bicyclic) bond motifs is 1. The summed E-state index contributed by atoms with van der Waals surface area (Å²) in [6.07, 6.45) is 1.68. The lowest BCUT2D eigenvalue weighted by atomic mass is 10.2. The molecule has 3 rings (SSSR count). The molecule has 8 heteroatoms. The molecule has 0 amide bonds. The van der Waals surface area contributed by atoms with Gasteiger partial charge < -0.3 is 9.15 Å². The molecule has 0 aliphatic rings. The third-order valence-electron chi connectivity index (χ3n) is 2.58. The topological polar surface area (TPSA) is 91.0 Å². The van der Waals surface area contributed by atoms with Crippen LogP contribution >= 0.6 is 11.8 Å². The number of hydrogen-bond acceptors (Lipinski definition) is 8. The Labute approximate surface area is 123 Å². The van der Waals surface area contributed by atoms with E-state index < -0.39 is 5.97 Å². The van der Waals surface area contributed by atoms with Gasteiger partial charge in [0.15, 0.2) is 0 Å². The van der Waals surface area contributed by atoms with Crippen molar-refractivity contribution in [1.29, 1.82) is 0 Å². The first-order chi connectivity index (χ1) is 10.3. The molecule has 0 N–H and O–H groups in total. The normalized spacial score (nSPS) is 10.7. The van der Waals surface area contributed by atoms with Gasteiger partial charge in [-0.2, -0.15) is 5.10 Å². The van der Waals surface area contributed by atoms with Gasteiger partial charge in [-0.3, -0.25) is 0 Å². The molecular weight excluding hydrogens is 292 g/mol. The molecule has 0 aliphatic heterocycles.